The molecule has 0 fully saturated rings. The van der Waals surface area contributed by atoms with Crippen molar-refractivity contribution in [3.8, 4) is 0 Å². The van der Waals surface area contributed by atoms with Gasteiger partial charge in [-0.2, -0.15) is 0 Å². The Bertz CT molecular complexity index is 260. The number of hydrogen-bond acceptors (Lipinski definition) is 3. The van der Waals surface area contributed by atoms with Gasteiger partial charge in [-0.25, -0.2) is 4.79 Å². The second kappa shape index (κ2) is 3.53. The van der Waals surface area contributed by atoms with E-state index in [4.69, 9.17) is 0 Å². The number of carbonyl (C=O) groups is 1. The molecule has 0 spiro atoms. The topological polar surface area (TPSA) is 26.3 Å². The normalized spacial score (nSPS) is 9.73. The second-order valence-electron chi connectivity index (χ2n) is 2.06. The Labute approximate surface area is 82.7 Å². The molecule has 1 aromatic rings. The molecule has 0 saturated heterocycles. The number of halogens is 1. The molecule has 60 valence electrons. The first-order chi connectivity index (χ1) is 5.15. The zero-order valence-corrected chi connectivity index (χ0v) is 9.15. The molecule has 1 rings (SSSR count). The lowest BCUT2D eigenvalue weighted by Gasteiger charge is -1.90. The number of thiophene rings is 1. The van der Waals surface area contributed by atoms with Crippen molar-refractivity contribution in [3.63, 3.8) is 0 Å². The van der Waals surface area contributed by atoms with Crippen LogP contribution < -0.4 is 0 Å². The number of carbonyl (C=O) groups excluding carboxylic acids is 1. The molecular formula is C7H7IO2S. The SMILES string of the molecule is COC(=O)c1cc(C)c(I)s1. The minimum atomic E-state index is -0.249. The predicted molar refractivity (Wildman–Crippen MR) is 53.1 cm³/mol. The fourth-order valence-corrected chi connectivity index (χ4v) is 2.34. The number of methoxy groups -OCH3 is 1. The van der Waals surface area contributed by atoms with Gasteiger partial charge in [0.1, 0.15) is 4.88 Å². The summed E-state index contributed by atoms with van der Waals surface area (Å²) in [7, 11) is 1.39. The molecule has 0 saturated carbocycles. The van der Waals surface area contributed by atoms with Gasteiger partial charge in [0.05, 0.1) is 9.99 Å². The molecular weight excluding hydrogens is 275 g/mol. The van der Waals surface area contributed by atoms with E-state index < -0.39 is 0 Å². The van der Waals surface area contributed by atoms with Gasteiger partial charge in [-0.3, -0.25) is 0 Å². The third kappa shape index (κ3) is 1.93. The lowest BCUT2D eigenvalue weighted by atomic mass is 10.3. The van der Waals surface area contributed by atoms with E-state index in [1.807, 2.05) is 13.0 Å². The summed E-state index contributed by atoms with van der Waals surface area (Å²) in [6.07, 6.45) is 0. The van der Waals surface area contributed by atoms with E-state index in [2.05, 4.69) is 27.3 Å². The zero-order chi connectivity index (χ0) is 8.43. The lowest BCUT2D eigenvalue weighted by Crippen LogP contribution is -1.96. The Morgan fingerprint density at radius 3 is 2.73 bits per heavy atom. The number of esters is 1. The van der Waals surface area contributed by atoms with Crippen LogP contribution in [0.3, 0.4) is 0 Å². The van der Waals surface area contributed by atoms with Crippen molar-refractivity contribution in [1.82, 2.24) is 0 Å². The smallest absolute Gasteiger partial charge is 0.348 e. The monoisotopic (exact) mass is 282 g/mol. The summed E-state index contributed by atoms with van der Waals surface area (Å²) >= 11 is 3.66. The van der Waals surface area contributed by atoms with Crippen LogP contribution in [0.5, 0.6) is 0 Å². The van der Waals surface area contributed by atoms with E-state index in [-0.39, 0.29) is 5.97 Å². The van der Waals surface area contributed by atoms with Crippen LogP contribution in [-0.4, -0.2) is 13.1 Å². The number of aryl methyl sites for hydroxylation is 1. The highest BCUT2D eigenvalue weighted by Crippen LogP contribution is 2.23. The first-order valence-corrected chi connectivity index (χ1v) is 4.89. The van der Waals surface area contributed by atoms with Gasteiger partial charge in [-0.05, 0) is 41.1 Å². The molecule has 0 amide bonds. The summed E-state index contributed by atoms with van der Waals surface area (Å²) in [6, 6.07) is 1.85. The van der Waals surface area contributed by atoms with Gasteiger partial charge < -0.3 is 4.74 Å². The van der Waals surface area contributed by atoms with Gasteiger partial charge in [-0.15, -0.1) is 11.3 Å². The van der Waals surface area contributed by atoms with Crippen LogP contribution in [0.2, 0.25) is 0 Å². The van der Waals surface area contributed by atoms with Crippen molar-refractivity contribution in [3.05, 3.63) is 19.4 Å². The molecule has 2 nitrogen and oxygen atoms in total. The van der Waals surface area contributed by atoms with E-state index in [1.54, 1.807) is 0 Å². The van der Waals surface area contributed by atoms with E-state index in [0.717, 1.165) is 8.45 Å². The molecule has 0 bridgehead atoms. The Balaban J connectivity index is 2.97. The van der Waals surface area contributed by atoms with E-state index in [9.17, 15) is 4.79 Å². The first kappa shape index (κ1) is 8.99. The average Bonchev–Trinajstić information content (AvgIpc) is 2.31. The van der Waals surface area contributed by atoms with E-state index in [1.165, 1.54) is 18.4 Å². The predicted octanol–water partition coefficient (Wildman–Crippen LogP) is 2.45. The summed E-state index contributed by atoms with van der Waals surface area (Å²) in [5.74, 6) is -0.249. The summed E-state index contributed by atoms with van der Waals surface area (Å²) in [4.78, 5) is 11.6. The molecule has 4 heteroatoms. The number of hydrogen-bond donors (Lipinski definition) is 0. The fourth-order valence-electron chi connectivity index (χ4n) is 0.661. The van der Waals surface area contributed by atoms with Crippen LogP contribution in [0.1, 0.15) is 15.2 Å². The van der Waals surface area contributed by atoms with Crippen LogP contribution in [-0.2, 0) is 4.74 Å². The molecule has 0 aliphatic rings. The molecule has 0 N–H and O–H groups in total. The fraction of sp³-hybridized carbons (Fsp3) is 0.286. The molecule has 0 aliphatic carbocycles. The Morgan fingerprint density at radius 1 is 1.73 bits per heavy atom. The van der Waals surface area contributed by atoms with Crippen LogP contribution in [0.4, 0.5) is 0 Å². The third-order valence-electron chi connectivity index (χ3n) is 1.24. The summed E-state index contributed by atoms with van der Waals surface area (Å²) in [6.45, 7) is 1.98. The van der Waals surface area contributed by atoms with Crippen LogP contribution in [0.15, 0.2) is 6.07 Å². The quantitative estimate of drug-likeness (QED) is 0.584. The van der Waals surface area contributed by atoms with Gasteiger partial charge in [0.15, 0.2) is 0 Å². The minimum Gasteiger partial charge on any atom is -0.465 e. The maximum atomic E-state index is 11.0. The van der Waals surface area contributed by atoms with Gasteiger partial charge in [0, 0.05) is 0 Å². The van der Waals surface area contributed by atoms with E-state index in [0.29, 0.717) is 4.88 Å². The highest BCUT2D eigenvalue weighted by atomic mass is 127. The minimum absolute atomic E-state index is 0.249. The zero-order valence-electron chi connectivity index (χ0n) is 6.18. The summed E-state index contributed by atoms with van der Waals surface area (Å²) < 4.78 is 5.71. The van der Waals surface area contributed by atoms with Crippen LogP contribution in [0, 0.1) is 9.81 Å². The van der Waals surface area contributed by atoms with Gasteiger partial charge in [0.2, 0.25) is 0 Å². The van der Waals surface area contributed by atoms with Crippen molar-refractivity contribution < 1.29 is 9.53 Å². The highest BCUT2D eigenvalue weighted by molar-refractivity contribution is 14.1. The Kier molecular flexibility index (Phi) is 2.89. The first-order valence-electron chi connectivity index (χ1n) is 2.99. The Hall–Kier alpha value is -0.100. The standard InChI is InChI=1S/C7H7IO2S/c1-4-3-5(7(9)10-2)11-6(4)8/h3H,1-2H3. The lowest BCUT2D eigenvalue weighted by molar-refractivity contribution is 0.0606. The van der Waals surface area contributed by atoms with E-state index >= 15 is 0 Å². The van der Waals surface area contributed by atoms with Crippen LogP contribution in [0.25, 0.3) is 0 Å². The molecule has 0 radical (unpaired) electrons. The largest absolute Gasteiger partial charge is 0.465 e. The van der Waals surface area contributed by atoms with Gasteiger partial charge in [0.25, 0.3) is 0 Å². The maximum absolute atomic E-state index is 11.0. The summed E-state index contributed by atoms with van der Waals surface area (Å²) in [5, 5.41) is 0. The molecule has 0 atom stereocenters. The van der Waals surface area contributed by atoms with Crippen molar-refractivity contribution in [2.75, 3.05) is 7.11 Å². The highest BCUT2D eigenvalue weighted by Gasteiger charge is 2.10. The Morgan fingerprint density at radius 2 is 2.36 bits per heavy atom. The van der Waals surface area contributed by atoms with Gasteiger partial charge >= 0.3 is 5.97 Å². The summed E-state index contributed by atoms with van der Waals surface area (Å²) in [5.41, 5.74) is 1.14. The third-order valence-corrected chi connectivity index (χ3v) is 3.76. The number of rotatable bonds is 1. The van der Waals surface area contributed by atoms with Crippen molar-refractivity contribution in [1.29, 1.82) is 0 Å². The molecule has 0 aromatic carbocycles. The van der Waals surface area contributed by atoms with Crippen molar-refractivity contribution in [2.24, 2.45) is 0 Å². The molecule has 0 unspecified atom stereocenters. The van der Waals surface area contributed by atoms with Crippen molar-refractivity contribution >= 4 is 39.9 Å². The van der Waals surface area contributed by atoms with Crippen LogP contribution >= 0.6 is 33.9 Å². The van der Waals surface area contributed by atoms with Gasteiger partial charge in [-0.1, -0.05) is 0 Å². The molecule has 1 heterocycles. The second-order valence-corrected chi connectivity index (χ2v) is 4.92. The average molecular weight is 282 g/mol. The molecule has 0 aliphatic heterocycles. The number of ether oxygens (including phenoxy) is 1. The molecule has 1 aromatic heterocycles. The molecule has 11 heavy (non-hydrogen) atoms. The van der Waals surface area contributed by atoms with Crippen molar-refractivity contribution in [2.45, 2.75) is 6.92 Å². The maximum Gasteiger partial charge on any atom is 0.348 e.